The quantitative estimate of drug-likeness (QED) is 0.628. The zero-order valence-corrected chi connectivity index (χ0v) is 13.1. The first-order valence-corrected chi connectivity index (χ1v) is 6.86. The van der Waals surface area contributed by atoms with Gasteiger partial charge in [0, 0.05) is 10.0 Å². The highest BCUT2D eigenvalue weighted by Crippen LogP contribution is 2.26. The summed E-state index contributed by atoms with van der Waals surface area (Å²) in [5, 5.41) is 12.1. The van der Waals surface area contributed by atoms with Crippen molar-refractivity contribution in [1.82, 2.24) is 9.78 Å². The molecule has 0 spiro atoms. The van der Waals surface area contributed by atoms with Crippen molar-refractivity contribution in [1.29, 1.82) is 5.41 Å². The van der Waals surface area contributed by atoms with Gasteiger partial charge in [-0.25, -0.2) is 4.68 Å². The fourth-order valence-corrected chi connectivity index (χ4v) is 2.36. The number of hydrogen-bond donors (Lipinski definition) is 2. The molecule has 0 radical (unpaired) electrons. The largest absolute Gasteiger partial charge is 0.384 e. The molecule has 1 heterocycles. The van der Waals surface area contributed by atoms with E-state index in [9.17, 15) is 0 Å². The number of aryl methyl sites for hydroxylation is 1. The maximum Gasteiger partial charge on any atom is 0.124 e. The highest BCUT2D eigenvalue weighted by molar-refractivity contribution is 9.10. The van der Waals surface area contributed by atoms with Crippen LogP contribution in [0, 0.1) is 19.3 Å². The van der Waals surface area contributed by atoms with E-state index in [0.717, 1.165) is 26.0 Å². The summed E-state index contributed by atoms with van der Waals surface area (Å²) in [4.78, 5) is 0. The molecule has 0 saturated heterocycles. The number of aromatic nitrogens is 2. The zero-order chi connectivity index (χ0) is 13.4. The highest BCUT2D eigenvalue weighted by Gasteiger charge is 2.14. The molecule has 0 fully saturated rings. The standard InChI is InChI=1S/C12H12Br2N4/c1-6-11(14)7(2)18(17-6)10-5-8(13)3-4-9(10)12(15)16/h3-5H,1-2H3,(H3,15,16). The van der Waals surface area contributed by atoms with Crippen molar-refractivity contribution in [3.63, 3.8) is 0 Å². The summed E-state index contributed by atoms with van der Waals surface area (Å²) in [6, 6.07) is 5.58. The predicted octanol–water partition coefficient (Wildman–Crippen LogP) is 3.30. The fourth-order valence-electron chi connectivity index (χ4n) is 1.77. The van der Waals surface area contributed by atoms with E-state index in [1.165, 1.54) is 0 Å². The molecule has 18 heavy (non-hydrogen) atoms. The van der Waals surface area contributed by atoms with Gasteiger partial charge in [-0.3, -0.25) is 5.41 Å². The smallest absolute Gasteiger partial charge is 0.124 e. The average molecular weight is 372 g/mol. The molecule has 2 rings (SSSR count). The number of amidine groups is 1. The first-order chi connectivity index (χ1) is 8.41. The molecule has 2 aromatic rings. The van der Waals surface area contributed by atoms with E-state index in [0.29, 0.717) is 5.56 Å². The van der Waals surface area contributed by atoms with Crippen molar-refractivity contribution >= 4 is 37.7 Å². The van der Waals surface area contributed by atoms with E-state index in [1.54, 1.807) is 4.68 Å². The Balaban J connectivity index is 2.73. The normalized spacial score (nSPS) is 10.7. The van der Waals surface area contributed by atoms with Crippen LogP contribution < -0.4 is 5.73 Å². The molecule has 1 aromatic carbocycles. The maximum absolute atomic E-state index is 7.64. The number of nitrogens with one attached hydrogen (secondary N) is 1. The number of nitrogens with zero attached hydrogens (tertiary/aromatic N) is 2. The number of hydrogen-bond acceptors (Lipinski definition) is 2. The summed E-state index contributed by atoms with van der Waals surface area (Å²) in [6.07, 6.45) is 0. The summed E-state index contributed by atoms with van der Waals surface area (Å²) in [5.41, 5.74) is 8.95. The summed E-state index contributed by atoms with van der Waals surface area (Å²) in [5.74, 6) is 0.0289. The van der Waals surface area contributed by atoms with E-state index in [-0.39, 0.29) is 5.84 Å². The predicted molar refractivity (Wildman–Crippen MR) is 79.5 cm³/mol. The third-order valence-electron chi connectivity index (χ3n) is 2.68. The summed E-state index contributed by atoms with van der Waals surface area (Å²) >= 11 is 6.93. The molecule has 0 amide bonds. The second-order valence-electron chi connectivity index (χ2n) is 3.97. The van der Waals surface area contributed by atoms with Gasteiger partial charge < -0.3 is 5.73 Å². The molecule has 6 heteroatoms. The van der Waals surface area contributed by atoms with Gasteiger partial charge in [-0.2, -0.15) is 5.10 Å². The third-order valence-corrected chi connectivity index (χ3v) is 4.32. The van der Waals surface area contributed by atoms with Crippen molar-refractivity contribution in [2.45, 2.75) is 13.8 Å². The molecule has 1 aromatic heterocycles. The van der Waals surface area contributed by atoms with E-state index in [4.69, 9.17) is 11.1 Å². The van der Waals surface area contributed by atoms with Crippen molar-refractivity contribution in [3.8, 4) is 5.69 Å². The van der Waals surface area contributed by atoms with Crippen molar-refractivity contribution in [2.75, 3.05) is 0 Å². The third kappa shape index (κ3) is 2.22. The minimum absolute atomic E-state index is 0.0289. The number of nitrogen functional groups attached to an aromatic ring is 1. The van der Waals surface area contributed by atoms with E-state index >= 15 is 0 Å². The fraction of sp³-hybridized carbons (Fsp3) is 0.167. The summed E-state index contributed by atoms with van der Waals surface area (Å²) in [6.45, 7) is 3.90. The Morgan fingerprint density at radius 1 is 1.33 bits per heavy atom. The van der Waals surface area contributed by atoms with Gasteiger partial charge >= 0.3 is 0 Å². The Labute approximate surface area is 122 Å². The molecule has 3 N–H and O–H groups in total. The summed E-state index contributed by atoms with van der Waals surface area (Å²) < 4.78 is 3.68. The van der Waals surface area contributed by atoms with Crippen LogP contribution in [0.3, 0.4) is 0 Å². The molecular formula is C12H12Br2N4. The number of nitrogens with two attached hydrogens (primary N) is 1. The molecule has 4 nitrogen and oxygen atoms in total. The van der Waals surface area contributed by atoms with Gasteiger partial charge in [0.2, 0.25) is 0 Å². The van der Waals surface area contributed by atoms with Gasteiger partial charge in [-0.05, 0) is 48.0 Å². The molecular weight excluding hydrogens is 360 g/mol. The Morgan fingerprint density at radius 2 is 2.00 bits per heavy atom. The lowest BCUT2D eigenvalue weighted by Crippen LogP contribution is -2.15. The van der Waals surface area contributed by atoms with Crippen molar-refractivity contribution in [2.24, 2.45) is 5.73 Å². The van der Waals surface area contributed by atoms with Crippen LogP contribution in [0.25, 0.3) is 5.69 Å². The molecule has 0 aliphatic carbocycles. The molecule has 0 bridgehead atoms. The number of halogens is 2. The van der Waals surface area contributed by atoms with Crippen LogP contribution in [0.2, 0.25) is 0 Å². The Kier molecular flexibility index (Phi) is 3.59. The molecule has 0 aliphatic rings. The van der Waals surface area contributed by atoms with Crippen LogP contribution in [0.15, 0.2) is 27.1 Å². The second kappa shape index (κ2) is 4.85. The zero-order valence-electron chi connectivity index (χ0n) is 9.96. The van der Waals surface area contributed by atoms with Gasteiger partial charge in [-0.1, -0.05) is 15.9 Å². The van der Waals surface area contributed by atoms with E-state index < -0.39 is 0 Å². The lowest BCUT2D eigenvalue weighted by molar-refractivity contribution is 0.830. The molecule has 94 valence electrons. The van der Waals surface area contributed by atoms with Crippen molar-refractivity contribution in [3.05, 3.63) is 44.1 Å². The molecule has 0 unspecified atom stereocenters. The Hall–Kier alpha value is -1.14. The van der Waals surface area contributed by atoms with Crippen LogP contribution in [0.4, 0.5) is 0 Å². The van der Waals surface area contributed by atoms with Crippen molar-refractivity contribution < 1.29 is 0 Å². The van der Waals surface area contributed by atoms with Crippen LogP contribution in [0.1, 0.15) is 17.0 Å². The van der Waals surface area contributed by atoms with Crippen LogP contribution in [-0.4, -0.2) is 15.6 Å². The Bertz CT molecular complexity index is 631. The molecule has 0 aliphatic heterocycles. The monoisotopic (exact) mass is 370 g/mol. The topological polar surface area (TPSA) is 67.7 Å². The van der Waals surface area contributed by atoms with E-state index in [1.807, 2.05) is 32.0 Å². The van der Waals surface area contributed by atoms with Gasteiger partial charge in [0.1, 0.15) is 5.84 Å². The first kappa shape index (κ1) is 13.3. The summed E-state index contributed by atoms with van der Waals surface area (Å²) in [7, 11) is 0. The van der Waals surface area contributed by atoms with Crippen LogP contribution in [0.5, 0.6) is 0 Å². The number of rotatable bonds is 2. The minimum Gasteiger partial charge on any atom is -0.384 e. The maximum atomic E-state index is 7.64. The molecule has 0 atom stereocenters. The van der Waals surface area contributed by atoms with Crippen LogP contribution in [-0.2, 0) is 0 Å². The Morgan fingerprint density at radius 3 is 2.50 bits per heavy atom. The molecule has 0 saturated carbocycles. The van der Waals surface area contributed by atoms with Crippen LogP contribution >= 0.6 is 31.9 Å². The lowest BCUT2D eigenvalue weighted by Gasteiger charge is -2.10. The number of benzene rings is 1. The van der Waals surface area contributed by atoms with Gasteiger partial charge in [0.05, 0.1) is 21.5 Å². The van der Waals surface area contributed by atoms with E-state index in [2.05, 4.69) is 37.0 Å². The average Bonchev–Trinajstić information content (AvgIpc) is 2.56. The van der Waals surface area contributed by atoms with Gasteiger partial charge in [0.15, 0.2) is 0 Å². The highest BCUT2D eigenvalue weighted by atomic mass is 79.9. The second-order valence-corrected chi connectivity index (χ2v) is 5.68. The minimum atomic E-state index is 0.0289. The van der Waals surface area contributed by atoms with Gasteiger partial charge in [0.25, 0.3) is 0 Å². The van der Waals surface area contributed by atoms with Gasteiger partial charge in [-0.15, -0.1) is 0 Å². The lowest BCUT2D eigenvalue weighted by atomic mass is 10.1. The SMILES string of the molecule is Cc1nn(-c2cc(Br)ccc2C(=N)N)c(C)c1Br. The first-order valence-electron chi connectivity index (χ1n) is 5.28.